The highest BCUT2D eigenvalue weighted by Gasteiger charge is 2.27. The Labute approximate surface area is 97.2 Å². The number of rotatable bonds is 2. The van der Waals surface area contributed by atoms with Crippen molar-refractivity contribution in [3.63, 3.8) is 0 Å². The zero-order chi connectivity index (χ0) is 11.7. The first-order valence-electron chi connectivity index (χ1n) is 5.87. The van der Waals surface area contributed by atoms with Crippen LogP contribution >= 0.6 is 0 Å². The first-order chi connectivity index (χ1) is 7.63. The highest BCUT2D eigenvalue weighted by Crippen LogP contribution is 2.34. The Morgan fingerprint density at radius 2 is 2.12 bits per heavy atom. The predicted octanol–water partition coefficient (Wildman–Crippen LogP) is 3.48. The van der Waals surface area contributed by atoms with E-state index in [9.17, 15) is 4.79 Å². The van der Waals surface area contributed by atoms with E-state index in [1.54, 1.807) is 0 Å². The van der Waals surface area contributed by atoms with Crippen LogP contribution in [-0.2, 0) is 11.2 Å². The molecule has 1 unspecified atom stereocenters. The molecule has 1 aliphatic carbocycles. The normalized spacial score (nSPS) is 19.4. The van der Waals surface area contributed by atoms with Crippen LogP contribution in [0.5, 0.6) is 0 Å². The van der Waals surface area contributed by atoms with E-state index in [1.165, 1.54) is 22.3 Å². The van der Waals surface area contributed by atoms with E-state index in [0.717, 1.165) is 12.8 Å². The summed E-state index contributed by atoms with van der Waals surface area (Å²) in [7, 11) is 0. The molecule has 0 aromatic heterocycles. The van der Waals surface area contributed by atoms with Gasteiger partial charge in [-0.3, -0.25) is 4.79 Å². The number of carbonyl (C=O) groups excluding carboxylic acids is 1. The highest BCUT2D eigenvalue weighted by atomic mass is 16.1. The lowest BCUT2D eigenvalue weighted by Gasteiger charge is -2.26. The van der Waals surface area contributed by atoms with Gasteiger partial charge in [-0.2, -0.15) is 0 Å². The van der Waals surface area contributed by atoms with Crippen molar-refractivity contribution in [1.29, 1.82) is 0 Å². The predicted molar refractivity (Wildman–Crippen MR) is 66.8 cm³/mol. The van der Waals surface area contributed by atoms with E-state index >= 15 is 0 Å². The summed E-state index contributed by atoms with van der Waals surface area (Å²) in [6, 6.07) is 4.40. The molecule has 0 heterocycles. The molecule has 0 amide bonds. The lowest BCUT2D eigenvalue weighted by atomic mass is 9.77. The zero-order valence-electron chi connectivity index (χ0n) is 10.0. The maximum Gasteiger partial charge on any atom is 0.141 e. The molecule has 2 rings (SSSR count). The molecule has 1 nitrogen and oxygen atoms in total. The summed E-state index contributed by atoms with van der Waals surface area (Å²) >= 11 is 0. The smallest absolute Gasteiger partial charge is 0.141 e. The molecule has 0 bridgehead atoms. The lowest BCUT2D eigenvalue weighted by Crippen LogP contribution is -2.21. The quantitative estimate of drug-likeness (QED) is 0.689. The number of hydrogen-bond donors (Lipinski definition) is 0. The van der Waals surface area contributed by atoms with E-state index in [2.05, 4.69) is 32.6 Å². The van der Waals surface area contributed by atoms with E-state index in [0.29, 0.717) is 12.2 Å². The number of Topliss-reactive ketones (excluding diaryl/α,β-unsaturated/α-hetero) is 1. The Morgan fingerprint density at radius 1 is 1.38 bits per heavy atom. The zero-order valence-corrected chi connectivity index (χ0v) is 10.0. The van der Waals surface area contributed by atoms with Crippen molar-refractivity contribution in [2.45, 2.75) is 39.0 Å². The molecule has 1 aromatic carbocycles. The molecule has 1 atom stereocenters. The molecule has 0 aliphatic heterocycles. The average Bonchev–Trinajstić information content (AvgIpc) is 2.22. The van der Waals surface area contributed by atoms with E-state index in [1.807, 2.05) is 6.08 Å². The maximum absolute atomic E-state index is 11.9. The first kappa shape index (κ1) is 11.1. The fraction of sp³-hybridized carbons (Fsp3) is 0.400. The third-order valence-corrected chi connectivity index (χ3v) is 3.40. The monoisotopic (exact) mass is 214 g/mol. The van der Waals surface area contributed by atoms with E-state index in [-0.39, 0.29) is 5.92 Å². The molecule has 0 saturated heterocycles. The van der Waals surface area contributed by atoms with Crippen molar-refractivity contribution in [1.82, 2.24) is 0 Å². The number of benzene rings is 1. The second kappa shape index (κ2) is 4.25. The molecule has 0 radical (unpaired) electrons. The van der Waals surface area contributed by atoms with Gasteiger partial charge in [-0.05, 0) is 43.4 Å². The van der Waals surface area contributed by atoms with Crippen LogP contribution in [0.25, 0.3) is 0 Å². The van der Waals surface area contributed by atoms with Crippen LogP contribution in [0.3, 0.4) is 0 Å². The van der Waals surface area contributed by atoms with Gasteiger partial charge in [0.2, 0.25) is 0 Å². The molecule has 1 aliphatic rings. The minimum Gasteiger partial charge on any atom is -0.299 e. The summed E-state index contributed by atoms with van der Waals surface area (Å²) in [4.78, 5) is 11.9. The molecule has 16 heavy (non-hydrogen) atoms. The second-order valence-corrected chi connectivity index (χ2v) is 4.70. The van der Waals surface area contributed by atoms with Gasteiger partial charge >= 0.3 is 0 Å². The summed E-state index contributed by atoms with van der Waals surface area (Å²) < 4.78 is 0. The van der Waals surface area contributed by atoms with Crippen LogP contribution in [0.2, 0.25) is 0 Å². The largest absolute Gasteiger partial charge is 0.299 e. The maximum atomic E-state index is 11.9. The number of hydrogen-bond acceptors (Lipinski definition) is 1. The van der Waals surface area contributed by atoms with Crippen molar-refractivity contribution < 1.29 is 4.79 Å². The van der Waals surface area contributed by atoms with Gasteiger partial charge < -0.3 is 0 Å². The van der Waals surface area contributed by atoms with Crippen LogP contribution in [-0.4, -0.2) is 5.78 Å². The Kier molecular flexibility index (Phi) is 2.95. The molecule has 0 spiro atoms. The number of allylic oxidation sites excluding steroid dienone is 1. The van der Waals surface area contributed by atoms with Gasteiger partial charge in [0.05, 0.1) is 0 Å². The summed E-state index contributed by atoms with van der Waals surface area (Å²) in [6.45, 7) is 7.99. The van der Waals surface area contributed by atoms with Crippen molar-refractivity contribution in [3.8, 4) is 0 Å². The van der Waals surface area contributed by atoms with Crippen LogP contribution in [0, 0.1) is 13.8 Å². The molecule has 0 fully saturated rings. The second-order valence-electron chi connectivity index (χ2n) is 4.70. The summed E-state index contributed by atoms with van der Waals surface area (Å²) in [5, 5.41) is 0. The molecular weight excluding hydrogens is 196 g/mol. The van der Waals surface area contributed by atoms with Crippen molar-refractivity contribution >= 4 is 5.78 Å². The van der Waals surface area contributed by atoms with Crippen molar-refractivity contribution in [2.24, 2.45) is 0 Å². The SMILES string of the molecule is C=CCC1C(=O)CCc2cc(C)cc(C)c21. The van der Waals surface area contributed by atoms with Crippen LogP contribution < -0.4 is 0 Å². The topological polar surface area (TPSA) is 17.1 Å². The van der Waals surface area contributed by atoms with Gasteiger partial charge in [0.1, 0.15) is 5.78 Å². The third kappa shape index (κ3) is 1.82. The van der Waals surface area contributed by atoms with Crippen molar-refractivity contribution in [3.05, 3.63) is 47.0 Å². The van der Waals surface area contributed by atoms with Gasteiger partial charge in [0, 0.05) is 12.3 Å². The fourth-order valence-corrected chi connectivity index (χ4v) is 2.78. The average molecular weight is 214 g/mol. The number of fused-ring (bicyclic) bond motifs is 1. The van der Waals surface area contributed by atoms with Gasteiger partial charge in [0.15, 0.2) is 0 Å². The molecule has 0 saturated carbocycles. The summed E-state index contributed by atoms with van der Waals surface area (Å²) in [6.07, 6.45) is 4.23. The minimum atomic E-state index is 0.0573. The number of ketones is 1. The Balaban J connectivity index is 2.53. The van der Waals surface area contributed by atoms with Gasteiger partial charge in [-0.1, -0.05) is 23.8 Å². The van der Waals surface area contributed by atoms with Crippen molar-refractivity contribution in [2.75, 3.05) is 0 Å². The molecule has 0 N–H and O–H groups in total. The van der Waals surface area contributed by atoms with Gasteiger partial charge in [0.25, 0.3) is 0 Å². The molecular formula is C15H18O. The van der Waals surface area contributed by atoms with E-state index in [4.69, 9.17) is 0 Å². The Hall–Kier alpha value is -1.37. The Bertz CT molecular complexity index is 443. The first-order valence-corrected chi connectivity index (χ1v) is 5.87. The third-order valence-electron chi connectivity index (χ3n) is 3.40. The lowest BCUT2D eigenvalue weighted by molar-refractivity contribution is -0.120. The van der Waals surface area contributed by atoms with Crippen LogP contribution in [0.1, 0.15) is 41.0 Å². The van der Waals surface area contributed by atoms with E-state index < -0.39 is 0 Å². The van der Waals surface area contributed by atoms with Crippen LogP contribution in [0.15, 0.2) is 24.8 Å². The molecule has 1 aromatic rings. The van der Waals surface area contributed by atoms with Crippen LogP contribution in [0.4, 0.5) is 0 Å². The van der Waals surface area contributed by atoms with Gasteiger partial charge in [-0.15, -0.1) is 6.58 Å². The number of aryl methyl sites for hydroxylation is 3. The standard InChI is InChI=1S/C15H18O/c1-4-5-13-14(16)7-6-12-9-10(2)8-11(3)15(12)13/h4,8-9,13H,1,5-7H2,2-3H3. The van der Waals surface area contributed by atoms with Gasteiger partial charge in [-0.25, -0.2) is 0 Å². The molecule has 84 valence electrons. The highest BCUT2D eigenvalue weighted by molar-refractivity contribution is 5.88. The minimum absolute atomic E-state index is 0.0573. The molecule has 1 heteroatoms. The summed E-state index contributed by atoms with van der Waals surface area (Å²) in [5.74, 6) is 0.432. The summed E-state index contributed by atoms with van der Waals surface area (Å²) in [5.41, 5.74) is 5.18. The fourth-order valence-electron chi connectivity index (χ4n) is 2.78. The number of carbonyl (C=O) groups is 1. The Morgan fingerprint density at radius 3 is 2.81 bits per heavy atom.